The maximum absolute atomic E-state index is 10.9. The molecule has 0 aromatic heterocycles. The Hall–Kier alpha value is -1.55. The van der Waals surface area contributed by atoms with Crippen LogP contribution in [0.4, 0.5) is 5.69 Å². The van der Waals surface area contributed by atoms with E-state index >= 15 is 0 Å². The molecule has 2 N–H and O–H groups in total. The Bertz CT molecular complexity index is 314. The van der Waals surface area contributed by atoms with Crippen LogP contribution in [0.2, 0.25) is 0 Å². The molecule has 4 nitrogen and oxygen atoms in total. The number of carboxylic acids is 1. The highest BCUT2D eigenvalue weighted by Gasteiger charge is 2.19. The molecule has 1 rings (SSSR count). The standard InChI is InChI=1S/C11H16N2O2/c1-3-12-13(9(2)11(14)15)10-7-5-4-6-8-10/h4-9,12H,3H2,1-2H3,(H,14,15)/t9-/m0/s1. The fraction of sp³-hybridized carbons (Fsp3) is 0.364. The van der Waals surface area contributed by atoms with Crippen LogP contribution in [0.3, 0.4) is 0 Å². The number of nitrogens with one attached hydrogen (secondary N) is 1. The Balaban J connectivity index is 2.87. The maximum atomic E-state index is 10.9. The third-order valence-electron chi connectivity index (χ3n) is 2.11. The van der Waals surface area contributed by atoms with Crippen molar-refractivity contribution in [3.63, 3.8) is 0 Å². The van der Waals surface area contributed by atoms with E-state index in [0.717, 1.165) is 5.69 Å². The van der Waals surface area contributed by atoms with Gasteiger partial charge in [0.2, 0.25) is 0 Å². The van der Waals surface area contributed by atoms with Gasteiger partial charge in [-0.1, -0.05) is 25.1 Å². The molecule has 0 saturated carbocycles. The second kappa shape index (κ2) is 5.36. The summed E-state index contributed by atoms with van der Waals surface area (Å²) in [4.78, 5) is 10.9. The lowest BCUT2D eigenvalue weighted by molar-refractivity contribution is -0.138. The predicted octanol–water partition coefficient (Wildman–Crippen LogP) is 1.49. The van der Waals surface area contributed by atoms with Crippen LogP contribution in [0.15, 0.2) is 30.3 Å². The monoisotopic (exact) mass is 208 g/mol. The highest BCUT2D eigenvalue weighted by atomic mass is 16.4. The number of carbonyl (C=O) groups is 1. The molecule has 0 heterocycles. The zero-order valence-electron chi connectivity index (χ0n) is 8.97. The van der Waals surface area contributed by atoms with Gasteiger partial charge >= 0.3 is 5.97 Å². The molecule has 15 heavy (non-hydrogen) atoms. The Kier molecular flexibility index (Phi) is 4.12. The molecule has 1 atom stereocenters. The van der Waals surface area contributed by atoms with Crippen LogP contribution in [0.1, 0.15) is 13.8 Å². The van der Waals surface area contributed by atoms with Crippen LogP contribution >= 0.6 is 0 Å². The quantitative estimate of drug-likeness (QED) is 0.720. The first-order chi connectivity index (χ1) is 7.16. The summed E-state index contributed by atoms with van der Waals surface area (Å²) in [5.41, 5.74) is 3.89. The smallest absolute Gasteiger partial charge is 0.327 e. The number of hydrazine groups is 1. The summed E-state index contributed by atoms with van der Waals surface area (Å²) in [6.45, 7) is 4.27. The summed E-state index contributed by atoms with van der Waals surface area (Å²) in [6, 6.07) is 8.83. The van der Waals surface area contributed by atoms with Crippen LogP contribution in [0, 0.1) is 0 Å². The first-order valence-corrected chi connectivity index (χ1v) is 4.97. The van der Waals surface area contributed by atoms with E-state index < -0.39 is 12.0 Å². The topological polar surface area (TPSA) is 52.6 Å². The minimum atomic E-state index is -0.847. The molecule has 0 spiro atoms. The number of nitrogens with zero attached hydrogens (tertiary/aromatic N) is 1. The van der Waals surface area contributed by atoms with Crippen LogP contribution in [0.25, 0.3) is 0 Å². The molecule has 0 aliphatic heterocycles. The molecule has 82 valence electrons. The van der Waals surface area contributed by atoms with Gasteiger partial charge in [-0.25, -0.2) is 10.2 Å². The van der Waals surface area contributed by atoms with Gasteiger partial charge in [0.25, 0.3) is 0 Å². The molecule has 4 heteroatoms. The fourth-order valence-electron chi connectivity index (χ4n) is 1.32. The molecule has 0 aliphatic rings. The van der Waals surface area contributed by atoms with E-state index in [1.165, 1.54) is 0 Å². The SMILES string of the molecule is CCNN(c1ccccc1)[C@@H](C)C(=O)O. The first kappa shape index (κ1) is 11.5. The lowest BCUT2D eigenvalue weighted by Crippen LogP contribution is -2.48. The fourth-order valence-corrected chi connectivity index (χ4v) is 1.32. The summed E-state index contributed by atoms with van der Waals surface area (Å²) >= 11 is 0. The summed E-state index contributed by atoms with van der Waals surface area (Å²) in [5, 5.41) is 10.6. The second-order valence-corrected chi connectivity index (χ2v) is 3.23. The van der Waals surface area contributed by atoms with Crippen LogP contribution in [-0.2, 0) is 4.79 Å². The number of hydrogen-bond donors (Lipinski definition) is 2. The van der Waals surface area contributed by atoms with Gasteiger partial charge in [-0.2, -0.15) is 0 Å². The van der Waals surface area contributed by atoms with Crippen LogP contribution in [-0.4, -0.2) is 23.7 Å². The van der Waals surface area contributed by atoms with Gasteiger partial charge in [-0.3, -0.25) is 5.01 Å². The van der Waals surface area contributed by atoms with E-state index in [-0.39, 0.29) is 0 Å². The third kappa shape index (κ3) is 2.95. The summed E-state index contributed by atoms with van der Waals surface area (Å²) < 4.78 is 0. The van der Waals surface area contributed by atoms with E-state index in [1.807, 2.05) is 37.3 Å². The summed E-state index contributed by atoms with van der Waals surface area (Å²) in [7, 11) is 0. The molecular formula is C11H16N2O2. The molecule has 0 unspecified atom stereocenters. The highest BCUT2D eigenvalue weighted by molar-refractivity contribution is 5.77. The molecule has 0 radical (unpaired) electrons. The van der Waals surface area contributed by atoms with Crippen molar-refractivity contribution >= 4 is 11.7 Å². The van der Waals surface area contributed by atoms with Crippen LogP contribution in [0.5, 0.6) is 0 Å². The summed E-state index contributed by atoms with van der Waals surface area (Å²) in [5.74, 6) is -0.847. The molecule has 0 amide bonds. The van der Waals surface area contributed by atoms with Crippen molar-refractivity contribution in [2.75, 3.05) is 11.6 Å². The van der Waals surface area contributed by atoms with Crippen molar-refractivity contribution in [1.82, 2.24) is 5.43 Å². The number of anilines is 1. The Morgan fingerprint density at radius 1 is 1.47 bits per heavy atom. The second-order valence-electron chi connectivity index (χ2n) is 3.23. The van der Waals surface area contributed by atoms with Crippen molar-refractivity contribution in [3.8, 4) is 0 Å². The van der Waals surface area contributed by atoms with Crippen molar-refractivity contribution in [2.24, 2.45) is 0 Å². The molecule has 1 aromatic carbocycles. The number of aliphatic carboxylic acids is 1. The average molecular weight is 208 g/mol. The molecular weight excluding hydrogens is 192 g/mol. The van der Waals surface area contributed by atoms with Crippen molar-refractivity contribution in [1.29, 1.82) is 0 Å². The van der Waals surface area contributed by atoms with Gasteiger partial charge < -0.3 is 5.11 Å². The number of rotatable bonds is 5. The van der Waals surface area contributed by atoms with Crippen molar-refractivity contribution < 1.29 is 9.90 Å². The largest absolute Gasteiger partial charge is 0.480 e. The number of benzene rings is 1. The van der Waals surface area contributed by atoms with Crippen molar-refractivity contribution in [3.05, 3.63) is 30.3 Å². The maximum Gasteiger partial charge on any atom is 0.327 e. The minimum absolute atomic E-state index is 0.590. The third-order valence-corrected chi connectivity index (χ3v) is 2.11. The predicted molar refractivity (Wildman–Crippen MR) is 59.7 cm³/mol. The number of hydrogen-bond acceptors (Lipinski definition) is 3. The zero-order valence-corrected chi connectivity index (χ0v) is 8.97. The highest BCUT2D eigenvalue weighted by Crippen LogP contribution is 2.13. The van der Waals surface area contributed by atoms with Gasteiger partial charge in [0, 0.05) is 6.54 Å². The van der Waals surface area contributed by atoms with Crippen LogP contribution < -0.4 is 10.4 Å². The lowest BCUT2D eigenvalue weighted by atomic mass is 10.2. The van der Waals surface area contributed by atoms with Crippen molar-refractivity contribution in [2.45, 2.75) is 19.9 Å². The minimum Gasteiger partial charge on any atom is -0.480 e. The van der Waals surface area contributed by atoms with E-state index in [1.54, 1.807) is 11.9 Å². The first-order valence-electron chi connectivity index (χ1n) is 4.97. The van der Waals surface area contributed by atoms with E-state index in [4.69, 9.17) is 5.11 Å². The number of carboxylic acid groups (broad SMARTS) is 1. The molecule has 1 aromatic rings. The molecule has 0 bridgehead atoms. The summed E-state index contributed by atoms with van der Waals surface area (Å²) in [6.07, 6.45) is 0. The zero-order chi connectivity index (χ0) is 11.3. The van der Waals surface area contributed by atoms with E-state index in [0.29, 0.717) is 6.54 Å². The van der Waals surface area contributed by atoms with Gasteiger partial charge in [0.1, 0.15) is 6.04 Å². The molecule has 0 fully saturated rings. The normalized spacial score (nSPS) is 12.1. The molecule has 0 saturated heterocycles. The Morgan fingerprint density at radius 2 is 2.07 bits per heavy atom. The van der Waals surface area contributed by atoms with Gasteiger partial charge in [0.05, 0.1) is 5.69 Å². The number of para-hydroxylation sites is 1. The average Bonchev–Trinajstić information content (AvgIpc) is 2.26. The Labute approximate surface area is 89.5 Å². The van der Waals surface area contributed by atoms with E-state index in [9.17, 15) is 4.79 Å². The van der Waals surface area contributed by atoms with E-state index in [2.05, 4.69) is 5.43 Å². The molecule has 0 aliphatic carbocycles. The lowest BCUT2D eigenvalue weighted by Gasteiger charge is -2.28. The van der Waals surface area contributed by atoms with Gasteiger partial charge in [0.15, 0.2) is 0 Å². The van der Waals surface area contributed by atoms with Gasteiger partial charge in [-0.05, 0) is 19.1 Å². The Morgan fingerprint density at radius 3 is 2.53 bits per heavy atom. The van der Waals surface area contributed by atoms with Gasteiger partial charge in [-0.15, -0.1) is 0 Å².